The number of aliphatic hydroxyl groups is 1. The number of rotatable bonds is 11. The molecule has 0 bridgehead atoms. The van der Waals surface area contributed by atoms with Crippen LogP contribution in [0.25, 0.3) is 0 Å². The first-order valence-corrected chi connectivity index (χ1v) is 4.87. The number of ether oxygens (including phenoxy) is 4. The Morgan fingerprint density at radius 3 is 2.07 bits per heavy atom. The summed E-state index contributed by atoms with van der Waals surface area (Å²) in [5, 5.41) is 8.56. The van der Waals surface area contributed by atoms with E-state index in [1.807, 2.05) is 0 Å². The van der Waals surface area contributed by atoms with Gasteiger partial charge in [-0.3, -0.25) is 0 Å². The van der Waals surface area contributed by atoms with E-state index in [1.54, 1.807) is 7.11 Å². The Morgan fingerprint density at radius 1 is 1.00 bits per heavy atom. The molecule has 0 atom stereocenters. The van der Waals surface area contributed by atoms with E-state index in [-0.39, 0.29) is 6.61 Å². The fourth-order valence-electron chi connectivity index (χ4n) is 0.755. The van der Waals surface area contributed by atoms with Crippen LogP contribution in [0.5, 0.6) is 0 Å². The summed E-state index contributed by atoms with van der Waals surface area (Å²) in [6, 6.07) is 0. The predicted molar refractivity (Wildman–Crippen MR) is 55.7 cm³/mol. The van der Waals surface area contributed by atoms with Crippen LogP contribution in [-0.2, 0) is 18.9 Å². The maximum atomic E-state index is 8.56. The molecule has 0 spiro atoms. The number of hydrogen-bond acceptors (Lipinski definition) is 5. The lowest BCUT2D eigenvalue weighted by Crippen LogP contribution is -2.11. The summed E-state index contributed by atoms with van der Waals surface area (Å²) in [5.74, 6) is 0.356. The van der Waals surface area contributed by atoms with E-state index in [0.29, 0.717) is 45.4 Å². The van der Waals surface area contributed by atoms with Crippen LogP contribution in [0.3, 0.4) is 0 Å². The fraction of sp³-hybridized carbons (Fsp3) is 0.800. The molecule has 0 heterocycles. The van der Waals surface area contributed by atoms with Crippen molar-refractivity contribution in [3.63, 3.8) is 0 Å². The van der Waals surface area contributed by atoms with Gasteiger partial charge in [0.1, 0.15) is 12.4 Å². The van der Waals surface area contributed by atoms with Crippen molar-refractivity contribution in [2.24, 2.45) is 0 Å². The highest BCUT2D eigenvalue weighted by Crippen LogP contribution is 1.90. The first kappa shape index (κ1) is 14.4. The first-order chi connectivity index (χ1) is 7.31. The maximum absolute atomic E-state index is 8.56. The van der Waals surface area contributed by atoms with Crippen molar-refractivity contribution in [3.8, 4) is 0 Å². The summed E-state index contributed by atoms with van der Waals surface area (Å²) in [4.78, 5) is 0. The van der Waals surface area contributed by atoms with Crippen molar-refractivity contribution in [2.75, 3.05) is 53.4 Å². The number of aliphatic hydroxyl groups excluding tert-OH is 1. The van der Waals surface area contributed by atoms with Crippen molar-refractivity contribution >= 4 is 0 Å². The smallest absolute Gasteiger partial charge is 0.114 e. The summed E-state index contributed by atoms with van der Waals surface area (Å²) in [7, 11) is 1.63. The zero-order valence-electron chi connectivity index (χ0n) is 9.24. The Balaban J connectivity index is 2.95. The SMILES string of the molecule is C=C(CO)OCCOCCOCCOC. The number of methoxy groups -OCH3 is 1. The van der Waals surface area contributed by atoms with Crippen LogP contribution in [0, 0.1) is 0 Å². The molecule has 0 aliphatic heterocycles. The van der Waals surface area contributed by atoms with Gasteiger partial charge >= 0.3 is 0 Å². The molecule has 0 aromatic carbocycles. The predicted octanol–water partition coefficient (Wildman–Crippen LogP) is 0.189. The molecule has 0 aliphatic carbocycles. The third-order valence-electron chi connectivity index (χ3n) is 1.51. The van der Waals surface area contributed by atoms with E-state index in [4.69, 9.17) is 24.1 Å². The molecule has 0 aliphatic rings. The standard InChI is InChI=1S/C10H20O5/c1-10(9-11)15-8-7-14-6-5-13-4-3-12-2/h11H,1,3-9H2,2H3. The molecule has 90 valence electrons. The third-order valence-corrected chi connectivity index (χ3v) is 1.51. The van der Waals surface area contributed by atoms with Gasteiger partial charge in [-0.2, -0.15) is 0 Å². The van der Waals surface area contributed by atoms with Gasteiger partial charge in [0.25, 0.3) is 0 Å². The van der Waals surface area contributed by atoms with E-state index in [0.717, 1.165) is 0 Å². The molecule has 1 N–H and O–H groups in total. The molecule has 5 nitrogen and oxygen atoms in total. The minimum atomic E-state index is -0.153. The van der Waals surface area contributed by atoms with Gasteiger partial charge in [-0.15, -0.1) is 0 Å². The monoisotopic (exact) mass is 220 g/mol. The van der Waals surface area contributed by atoms with Gasteiger partial charge in [-0.25, -0.2) is 0 Å². The lowest BCUT2D eigenvalue weighted by molar-refractivity contribution is 0.0102. The molecule has 0 radical (unpaired) electrons. The molecule has 0 aromatic heterocycles. The second-order valence-corrected chi connectivity index (χ2v) is 2.76. The maximum Gasteiger partial charge on any atom is 0.114 e. The molecule has 15 heavy (non-hydrogen) atoms. The van der Waals surface area contributed by atoms with Gasteiger partial charge in [-0.05, 0) is 0 Å². The summed E-state index contributed by atoms with van der Waals surface area (Å²) in [5.41, 5.74) is 0. The highest BCUT2D eigenvalue weighted by atomic mass is 16.6. The first-order valence-electron chi connectivity index (χ1n) is 4.87. The average molecular weight is 220 g/mol. The minimum absolute atomic E-state index is 0.153. The van der Waals surface area contributed by atoms with Crippen molar-refractivity contribution in [1.82, 2.24) is 0 Å². The van der Waals surface area contributed by atoms with Crippen LogP contribution in [-0.4, -0.2) is 58.5 Å². The highest BCUT2D eigenvalue weighted by Gasteiger charge is 1.93. The van der Waals surface area contributed by atoms with Crippen LogP contribution in [0.4, 0.5) is 0 Å². The molecular formula is C10H20O5. The average Bonchev–Trinajstić information content (AvgIpc) is 2.26. The van der Waals surface area contributed by atoms with Crippen LogP contribution >= 0.6 is 0 Å². The van der Waals surface area contributed by atoms with Crippen molar-refractivity contribution in [2.45, 2.75) is 0 Å². The van der Waals surface area contributed by atoms with Gasteiger partial charge in [0.15, 0.2) is 0 Å². The molecule has 5 heteroatoms. The summed E-state index contributed by atoms with van der Waals surface area (Å²) in [6.07, 6.45) is 0. The molecule has 0 saturated carbocycles. The number of hydrogen-bond donors (Lipinski definition) is 1. The van der Waals surface area contributed by atoms with Crippen LogP contribution < -0.4 is 0 Å². The summed E-state index contributed by atoms with van der Waals surface area (Å²) >= 11 is 0. The summed E-state index contributed by atoms with van der Waals surface area (Å²) in [6.45, 7) is 6.44. The lowest BCUT2D eigenvalue weighted by atomic mass is 10.6. The zero-order valence-corrected chi connectivity index (χ0v) is 9.24. The Morgan fingerprint density at radius 2 is 1.53 bits per heavy atom. The molecule has 0 fully saturated rings. The van der Waals surface area contributed by atoms with E-state index in [9.17, 15) is 0 Å². The second kappa shape index (κ2) is 11.5. The third kappa shape index (κ3) is 11.3. The minimum Gasteiger partial charge on any atom is -0.494 e. The fourth-order valence-corrected chi connectivity index (χ4v) is 0.755. The van der Waals surface area contributed by atoms with Crippen molar-refractivity contribution < 1.29 is 24.1 Å². The van der Waals surface area contributed by atoms with Crippen molar-refractivity contribution in [3.05, 3.63) is 12.3 Å². The van der Waals surface area contributed by atoms with Gasteiger partial charge in [0, 0.05) is 7.11 Å². The van der Waals surface area contributed by atoms with Crippen LogP contribution in [0.2, 0.25) is 0 Å². The van der Waals surface area contributed by atoms with Crippen molar-refractivity contribution in [1.29, 1.82) is 0 Å². The van der Waals surface area contributed by atoms with Gasteiger partial charge < -0.3 is 24.1 Å². The van der Waals surface area contributed by atoms with E-state index < -0.39 is 0 Å². The molecule has 0 unspecified atom stereocenters. The zero-order chi connectivity index (χ0) is 11.4. The van der Waals surface area contributed by atoms with Crippen LogP contribution in [0.15, 0.2) is 12.3 Å². The molecule has 0 saturated heterocycles. The van der Waals surface area contributed by atoms with E-state index >= 15 is 0 Å². The topological polar surface area (TPSA) is 57.2 Å². The highest BCUT2D eigenvalue weighted by molar-refractivity contribution is 4.80. The molecule has 0 amide bonds. The van der Waals surface area contributed by atoms with E-state index in [1.165, 1.54) is 0 Å². The lowest BCUT2D eigenvalue weighted by Gasteiger charge is -2.07. The van der Waals surface area contributed by atoms with E-state index in [2.05, 4.69) is 6.58 Å². The molecule has 0 rings (SSSR count). The normalized spacial score (nSPS) is 10.3. The second-order valence-electron chi connectivity index (χ2n) is 2.76. The van der Waals surface area contributed by atoms with Crippen LogP contribution in [0.1, 0.15) is 0 Å². The largest absolute Gasteiger partial charge is 0.494 e. The molecular weight excluding hydrogens is 200 g/mol. The van der Waals surface area contributed by atoms with Gasteiger partial charge in [0.2, 0.25) is 0 Å². The van der Waals surface area contributed by atoms with Gasteiger partial charge in [-0.1, -0.05) is 6.58 Å². The molecule has 0 aromatic rings. The Kier molecular flexibility index (Phi) is 11.0. The summed E-state index contributed by atoms with van der Waals surface area (Å²) < 4.78 is 20.2. The van der Waals surface area contributed by atoms with Gasteiger partial charge in [0.05, 0.1) is 39.6 Å². The Hall–Kier alpha value is -0.620. The Labute approximate surface area is 90.6 Å². The quantitative estimate of drug-likeness (QED) is 0.398. The Bertz CT molecular complexity index is 149.